The van der Waals surface area contributed by atoms with E-state index in [1.165, 1.54) is 6.42 Å². The summed E-state index contributed by atoms with van der Waals surface area (Å²) in [6, 6.07) is 0. The summed E-state index contributed by atoms with van der Waals surface area (Å²) in [7, 11) is -2.39. The first-order chi connectivity index (χ1) is 9.54. The molecule has 6 heteroatoms. The number of carboxylic acids is 1. The van der Waals surface area contributed by atoms with Gasteiger partial charge in [0.05, 0.1) is 0 Å². The van der Waals surface area contributed by atoms with Crippen molar-refractivity contribution in [1.82, 2.24) is 0 Å². The predicted octanol–water partition coefficient (Wildman–Crippen LogP) is 2.23. The van der Waals surface area contributed by atoms with E-state index in [0.29, 0.717) is 6.42 Å². The van der Waals surface area contributed by atoms with Gasteiger partial charge in [-0.25, -0.2) is 4.79 Å². The summed E-state index contributed by atoms with van der Waals surface area (Å²) in [6.45, 7) is -0.0596. The molecule has 3 N–H and O–H groups in total. The molecule has 0 bridgehead atoms. The van der Waals surface area contributed by atoms with Gasteiger partial charge < -0.3 is 19.9 Å². The van der Waals surface area contributed by atoms with Crippen LogP contribution in [-0.2, 0) is 9.36 Å². The highest BCUT2D eigenvalue weighted by atomic mass is 31.1. The van der Waals surface area contributed by atoms with E-state index in [2.05, 4.69) is 0 Å². The van der Waals surface area contributed by atoms with E-state index in [9.17, 15) is 19.6 Å². The van der Waals surface area contributed by atoms with Crippen LogP contribution in [0, 0.1) is 5.92 Å². The van der Waals surface area contributed by atoms with Crippen LogP contribution in [0.3, 0.4) is 0 Å². The van der Waals surface area contributed by atoms with E-state index in [-0.39, 0.29) is 30.7 Å². The molecule has 0 aromatic carbocycles. The molecule has 1 aliphatic carbocycles. The van der Waals surface area contributed by atoms with Crippen LogP contribution >= 0.6 is 7.80 Å². The highest BCUT2D eigenvalue weighted by molar-refractivity contribution is 7.45. The van der Waals surface area contributed by atoms with Gasteiger partial charge in [0.2, 0.25) is 0 Å². The summed E-state index contributed by atoms with van der Waals surface area (Å²) in [4.78, 5) is 11.2. The standard InChI is InChI=1S/C14H25O5P/c15-8-4-7-13(16)20(19)10-12(14(17)18)9-11-5-2-1-3-6-11/h9,11,13,15-16,20H,1-8,10H2,(H,17,18)/b12-9+. The third-order valence-electron chi connectivity index (χ3n) is 3.73. The van der Waals surface area contributed by atoms with Crippen molar-refractivity contribution in [3.8, 4) is 0 Å². The number of allylic oxidation sites excluding steroid dienone is 1. The molecule has 0 aliphatic heterocycles. The number of carbonyl (C=O) groups is 1. The Labute approximate surface area is 120 Å². The fourth-order valence-electron chi connectivity index (χ4n) is 2.54. The van der Waals surface area contributed by atoms with Crippen LogP contribution in [0.5, 0.6) is 0 Å². The maximum absolute atomic E-state index is 12.0. The molecule has 2 unspecified atom stereocenters. The molecule has 0 spiro atoms. The molecule has 1 aliphatic rings. The Morgan fingerprint density at radius 3 is 2.50 bits per heavy atom. The zero-order valence-corrected chi connectivity index (χ0v) is 12.8. The first kappa shape index (κ1) is 17.4. The van der Waals surface area contributed by atoms with Gasteiger partial charge in [-0.15, -0.1) is 0 Å². The zero-order valence-electron chi connectivity index (χ0n) is 11.8. The first-order valence-electron chi connectivity index (χ1n) is 7.30. The van der Waals surface area contributed by atoms with Gasteiger partial charge in [0.15, 0.2) is 0 Å². The van der Waals surface area contributed by atoms with Gasteiger partial charge in [0, 0.05) is 18.3 Å². The maximum Gasteiger partial charge on any atom is 0.331 e. The monoisotopic (exact) mass is 304 g/mol. The number of aliphatic hydroxyl groups is 2. The minimum absolute atomic E-state index is 0.0525. The Morgan fingerprint density at radius 1 is 1.30 bits per heavy atom. The molecule has 0 heterocycles. The fraction of sp³-hybridized carbons (Fsp3) is 0.786. The van der Waals surface area contributed by atoms with Crippen molar-refractivity contribution >= 4 is 13.8 Å². The van der Waals surface area contributed by atoms with Crippen LogP contribution in [0.2, 0.25) is 0 Å². The fourth-order valence-corrected chi connectivity index (χ4v) is 3.95. The molecule has 5 nitrogen and oxygen atoms in total. The molecule has 0 radical (unpaired) electrons. The Balaban J connectivity index is 2.59. The normalized spacial score (nSPS) is 20.6. The molecule has 0 saturated heterocycles. The molecule has 1 fully saturated rings. The van der Waals surface area contributed by atoms with Gasteiger partial charge in [0.25, 0.3) is 0 Å². The lowest BCUT2D eigenvalue weighted by atomic mass is 9.88. The SMILES string of the molecule is O=C(O)/C(=C/C1CCCCC1)C[PH](=O)C(O)CCCO. The van der Waals surface area contributed by atoms with Gasteiger partial charge in [0.1, 0.15) is 13.6 Å². The predicted molar refractivity (Wildman–Crippen MR) is 78.5 cm³/mol. The van der Waals surface area contributed by atoms with E-state index in [4.69, 9.17) is 5.11 Å². The number of aliphatic carboxylic acids is 1. The summed E-state index contributed by atoms with van der Waals surface area (Å²) < 4.78 is 12.0. The number of aliphatic hydroxyl groups excluding tert-OH is 2. The number of rotatable bonds is 8. The molecule has 20 heavy (non-hydrogen) atoms. The Morgan fingerprint density at radius 2 is 1.95 bits per heavy atom. The summed E-state index contributed by atoms with van der Waals surface area (Å²) in [5, 5.41) is 27.6. The van der Waals surface area contributed by atoms with E-state index < -0.39 is 19.6 Å². The number of hydrogen-bond acceptors (Lipinski definition) is 4. The zero-order chi connectivity index (χ0) is 15.0. The molecule has 0 amide bonds. The van der Waals surface area contributed by atoms with Gasteiger partial charge >= 0.3 is 5.97 Å². The third kappa shape index (κ3) is 6.21. The third-order valence-corrected chi connectivity index (χ3v) is 5.49. The summed E-state index contributed by atoms with van der Waals surface area (Å²) >= 11 is 0. The summed E-state index contributed by atoms with van der Waals surface area (Å²) in [5.74, 6) is -1.77. The van der Waals surface area contributed by atoms with Gasteiger partial charge in [-0.2, -0.15) is 0 Å². The summed E-state index contributed by atoms with van der Waals surface area (Å²) in [5.41, 5.74) is 0.170. The van der Waals surface area contributed by atoms with Gasteiger partial charge in [-0.1, -0.05) is 25.3 Å². The van der Waals surface area contributed by atoms with Crippen molar-refractivity contribution < 1.29 is 24.7 Å². The molecule has 2 atom stereocenters. The molecular weight excluding hydrogens is 279 g/mol. The van der Waals surface area contributed by atoms with E-state index in [1.807, 2.05) is 0 Å². The van der Waals surface area contributed by atoms with Crippen molar-refractivity contribution in [3.05, 3.63) is 11.6 Å². The molecule has 1 saturated carbocycles. The topological polar surface area (TPSA) is 94.8 Å². The molecule has 1 rings (SSSR count). The first-order valence-corrected chi connectivity index (χ1v) is 8.99. The Hall–Kier alpha value is -0.640. The van der Waals surface area contributed by atoms with Crippen LogP contribution in [0.15, 0.2) is 11.6 Å². The Bertz CT molecular complexity index is 361. The highest BCUT2D eigenvalue weighted by Gasteiger charge is 2.20. The molecular formula is C14H25O5P. The lowest BCUT2D eigenvalue weighted by Crippen LogP contribution is -2.12. The van der Waals surface area contributed by atoms with Crippen LogP contribution in [-0.4, -0.2) is 39.9 Å². The van der Waals surface area contributed by atoms with Gasteiger partial charge in [-0.05, 0) is 31.6 Å². The Kier molecular flexibility index (Phi) is 8.12. The van der Waals surface area contributed by atoms with Crippen LogP contribution in [0.25, 0.3) is 0 Å². The number of hydrogen-bond donors (Lipinski definition) is 3. The minimum Gasteiger partial charge on any atom is -0.478 e. The average Bonchev–Trinajstić information content (AvgIpc) is 2.44. The highest BCUT2D eigenvalue weighted by Crippen LogP contribution is 2.33. The van der Waals surface area contributed by atoms with Gasteiger partial charge in [-0.3, -0.25) is 0 Å². The second-order valence-corrected chi connectivity index (χ2v) is 7.37. The van der Waals surface area contributed by atoms with Crippen LogP contribution in [0.4, 0.5) is 0 Å². The summed E-state index contributed by atoms with van der Waals surface area (Å²) in [6.07, 6.45) is 7.73. The maximum atomic E-state index is 12.0. The van der Waals surface area contributed by atoms with Crippen molar-refractivity contribution in [2.75, 3.05) is 12.8 Å². The van der Waals surface area contributed by atoms with Crippen LogP contribution < -0.4 is 0 Å². The number of carboxylic acid groups (broad SMARTS) is 1. The van der Waals surface area contributed by atoms with Crippen LogP contribution in [0.1, 0.15) is 44.9 Å². The minimum atomic E-state index is -2.39. The van der Waals surface area contributed by atoms with E-state index >= 15 is 0 Å². The molecule has 0 aromatic rings. The average molecular weight is 304 g/mol. The molecule has 116 valence electrons. The smallest absolute Gasteiger partial charge is 0.331 e. The van der Waals surface area contributed by atoms with Crippen molar-refractivity contribution in [2.45, 2.75) is 50.8 Å². The van der Waals surface area contributed by atoms with Crippen molar-refractivity contribution in [2.24, 2.45) is 5.92 Å². The lowest BCUT2D eigenvalue weighted by molar-refractivity contribution is -0.132. The van der Waals surface area contributed by atoms with E-state index in [1.54, 1.807) is 6.08 Å². The second-order valence-electron chi connectivity index (χ2n) is 5.42. The van der Waals surface area contributed by atoms with E-state index in [0.717, 1.165) is 25.7 Å². The van der Waals surface area contributed by atoms with Crippen molar-refractivity contribution in [3.63, 3.8) is 0 Å². The quantitative estimate of drug-likeness (QED) is 0.472. The largest absolute Gasteiger partial charge is 0.478 e. The van der Waals surface area contributed by atoms with Crippen molar-refractivity contribution in [1.29, 1.82) is 0 Å². The molecule has 0 aromatic heterocycles. The lowest BCUT2D eigenvalue weighted by Gasteiger charge is -2.19. The second kappa shape index (κ2) is 9.32.